The lowest BCUT2D eigenvalue weighted by molar-refractivity contribution is -0.385. The Labute approximate surface area is 182 Å². The number of para-hydroxylation sites is 1. The van der Waals surface area contributed by atoms with E-state index in [2.05, 4.69) is 5.32 Å². The summed E-state index contributed by atoms with van der Waals surface area (Å²) in [6, 6.07) is 18.4. The molecule has 0 aromatic heterocycles. The zero-order valence-corrected chi connectivity index (χ0v) is 16.8. The molecule has 160 valence electrons. The van der Waals surface area contributed by atoms with Gasteiger partial charge in [-0.2, -0.15) is 0 Å². The number of carbonyl (C=O) groups excluding carboxylic acids is 3. The summed E-state index contributed by atoms with van der Waals surface area (Å²) in [5.74, 6) is -0.999. The van der Waals surface area contributed by atoms with Crippen LogP contribution in [0.1, 0.15) is 27.6 Å². The average Bonchev–Trinajstić information content (AvgIpc) is 3.05. The number of benzene rings is 3. The van der Waals surface area contributed by atoms with Crippen molar-refractivity contribution in [3.05, 3.63) is 94.0 Å². The molecule has 0 saturated carbocycles. The van der Waals surface area contributed by atoms with Gasteiger partial charge in [-0.1, -0.05) is 24.3 Å². The van der Waals surface area contributed by atoms with E-state index in [9.17, 15) is 24.5 Å². The molecule has 1 atom stereocenters. The first-order valence-electron chi connectivity index (χ1n) is 9.66. The Morgan fingerprint density at radius 1 is 0.938 bits per heavy atom. The van der Waals surface area contributed by atoms with Crippen LogP contribution in [-0.2, 0) is 4.79 Å². The summed E-state index contributed by atoms with van der Waals surface area (Å²) in [6.45, 7) is 1.38. The summed E-state index contributed by atoms with van der Waals surface area (Å²) in [5, 5.41) is 13.9. The van der Waals surface area contributed by atoms with Crippen molar-refractivity contribution in [3.8, 4) is 11.5 Å². The number of ether oxygens (including phenoxy) is 1. The molecular formula is C23H17N3O6. The van der Waals surface area contributed by atoms with Gasteiger partial charge in [-0.25, -0.2) is 0 Å². The van der Waals surface area contributed by atoms with Crippen molar-refractivity contribution in [1.82, 2.24) is 4.90 Å². The zero-order valence-electron chi connectivity index (χ0n) is 16.8. The first kappa shape index (κ1) is 20.7. The van der Waals surface area contributed by atoms with Gasteiger partial charge in [0, 0.05) is 11.8 Å². The van der Waals surface area contributed by atoms with Crippen molar-refractivity contribution in [3.63, 3.8) is 0 Å². The van der Waals surface area contributed by atoms with Crippen LogP contribution >= 0.6 is 0 Å². The second-order valence-electron chi connectivity index (χ2n) is 7.04. The molecule has 0 spiro atoms. The predicted octanol–water partition coefficient (Wildman–Crippen LogP) is 4.01. The first-order valence-corrected chi connectivity index (χ1v) is 9.66. The Balaban J connectivity index is 1.47. The highest BCUT2D eigenvalue weighted by molar-refractivity contribution is 6.24. The van der Waals surface area contributed by atoms with Crippen LogP contribution in [0.4, 0.5) is 11.4 Å². The van der Waals surface area contributed by atoms with E-state index in [1.54, 1.807) is 24.3 Å². The number of imide groups is 1. The fourth-order valence-corrected chi connectivity index (χ4v) is 3.38. The molecule has 0 bridgehead atoms. The zero-order chi connectivity index (χ0) is 22.8. The summed E-state index contributed by atoms with van der Waals surface area (Å²) in [5.41, 5.74) is -0.425. The highest BCUT2D eigenvalue weighted by Crippen LogP contribution is 2.32. The van der Waals surface area contributed by atoms with Crippen LogP contribution in [0.2, 0.25) is 0 Å². The van der Waals surface area contributed by atoms with Gasteiger partial charge < -0.3 is 10.1 Å². The third-order valence-electron chi connectivity index (χ3n) is 4.99. The van der Waals surface area contributed by atoms with E-state index in [4.69, 9.17) is 4.74 Å². The van der Waals surface area contributed by atoms with Gasteiger partial charge in [0.1, 0.15) is 23.1 Å². The summed E-state index contributed by atoms with van der Waals surface area (Å²) in [4.78, 5) is 49.4. The summed E-state index contributed by atoms with van der Waals surface area (Å²) in [7, 11) is 0. The Kier molecular flexibility index (Phi) is 5.38. The maximum Gasteiger partial charge on any atom is 0.282 e. The molecule has 3 amide bonds. The Bertz CT molecular complexity index is 1220. The standard InChI is InChI=1S/C23H17N3O6/c1-14(25-22(28)18-8-5-9-19(26(30)31)20(18)23(25)29)21(27)24-15-10-12-17(13-11-15)32-16-6-3-2-4-7-16/h2-14H,1H3,(H,24,27). The van der Waals surface area contributed by atoms with Crippen molar-refractivity contribution < 1.29 is 24.0 Å². The van der Waals surface area contributed by atoms with Gasteiger partial charge in [0.2, 0.25) is 5.91 Å². The summed E-state index contributed by atoms with van der Waals surface area (Å²) < 4.78 is 5.70. The summed E-state index contributed by atoms with van der Waals surface area (Å²) >= 11 is 0. The van der Waals surface area contributed by atoms with Crippen molar-refractivity contribution in [2.24, 2.45) is 0 Å². The smallest absolute Gasteiger partial charge is 0.282 e. The molecule has 1 N–H and O–H groups in total. The molecule has 4 rings (SSSR count). The minimum Gasteiger partial charge on any atom is -0.457 e. The van der Waals surface area contributed by atoms with Gasteiger partial charge in [-0.15, -0.1) is 0 Å². The minimum atomic E-state index is -1.18. The molecule has 1 unspecified atom stereocenters. The van der Waals surface area contributed by atoms with Crippen molar-refractivity contribution in [2.75, 3.05) is 5.32 Å². The average molecular weight is 431 g/mol. The van der Waals surface area contributed by atoms with Crippen molar-refractivity contribution in [1.29, 1.82) is 0 Å². The lowest BCUT2D eigenvalue weighted by Crippen LogP contribution is -2.45. The molecular weight excluding hydrogens is 414 g/mol. The number of nitrogens with zero attached hydrogens (tertiary/aromatic N) is 2. The van der Waals surface area contributed by atoms with Crippen molar-refractivity contribution >= 4 is 29.1 Å². The molecule has 9 heteroatoms. The fourth-order valence-electron chi connectivity index (χ4n) is 3.38. The number of rotatable bonds is 6. The highest BCUT2D eigenvalue weighted by Gasteiger charge is 2.44. The normalized spacial score (nSPS) is 13.5. The second-order valence-corrected chi connectivity index (χ2v) is 7.04. The quantitative estimate of drug-likeness (QED) is 0.358. The number of fused-ring (bicyclic) bond motifs is 1. The first-order chi connectivity index (χ1) is 15.4. The van der Waals surface area contributed by atoms with Crippen molar-refractivity contribution in [2.45, 2.75) is 13.0 Å². The Hall–Kier alpha value is -4.53. The molecule has 1 heterocycles. The summed E-state index contributed by atoms with van der Waals surface area (Å²) in [6.07, 6.45) is 0. The molecule has 1 aliphatic rings. The van der Waals surface area contributed by atoms with Crippen LogP contribution in [0.3, 0.4) is 0 Å². The third-order valence-corrected chi connectivity index (χ3v) is 4.99. The molecule has 1 aliphatic heterocycles. The maximum absolute atomic E-state index is 12.8. The number of hydrogen-bond donors (Lipinski definition) is 1. The number of nitro benzene ring substituents is 1. The number of anilines is 1. The van der Waals surface area contributed by atoms with Crippen LogP contribution in [0, 0.1) is 10.1 Å². The van der Waals surface area contributed by atoms with Crippen LogP contribution < -0.4 is 10.1 Å². The molecule has 0 fully saturated rings. The number of carbonyl (C=O) groups is 3. The number of nitrogens with one attached hydrogen (secondary N) is 1. The lowest BCUT2D eigenvalue weighted by atomic mass is 10.1. The van der Waals surface area contributed by atoms with E-state index >= 15 is 0 Å². The van der Waals surface area contributed by atoms with Crippen LogP contribution in [0.25, 0.3) is 0 Å². The molecule has 3 aromatic carbocycles. The Morgan fingerprint density at radius 3 is 2.25 bits per heavy atom. The predicted molar refractivity (Wildman–Crippen MR) is 115 cm³/mol. The van der Waals surface area contributed by atoms with E-state index in [-0.39, 0.29) is 11.1 Å². The number of amides is 3. The van der Waals surface area contributed by atoms with Gasteiger partial charge >= 0.3 is 0 Å². The maximum atomic E-state index is 12.8. The molecule has 32 heavy (non-hydrogen) atoms. The molecule has 0 radical (unpaired) electrons. The Morgan fingerprint density at radius 2 is 1.59 bits per heavy atom. The van der Waals surface area contributed by atoms with Gasteiger partial charge in [0.25, 0.3) is 17.5 Å². The molecule has 0 aliphatic carbocycles. The van der Waals surface area contributed by atoms with Crippen LogP contribution in [-0.4, -0.2) is 33.6 Å². The minimum absolute atomic E-state index is 0.0914. The number of hydrogen-bond acceptors (Lipinski definition) is 6. The highest BCUT2D eigenvalue weighted by atomic mass is 16.6. The SMILES string of the molecule is CC(C(=O)Nc1ccc(Oc2ccccc2)cc1)N1C(=O)c2cccc([N+](=O)[O-])c2C1=O. The van der Waals surface area contributed by atoms with Gasteiger partial charge in [0.05, 0.1) is 10.5 Å². The van der Waals surface area contributed by atoms with E-state index in [1.165, 1.54) is 19.1 Å². The fraction of sp³-hybridized carbons (Fsp3) is 0.0870. The monoisotopic (exact) mass is 431 g/mol. The van der Waals surface area contributed by atoms with Gasteiger partial charge in [-0.3, -0.25) is 29.4 Å². The third kappa shape index (κ3) is 3.79. The van der Waals surface area contributed by atoms with Crippen LogP contribution in [0.5, 0.6) is 11.5 Å². The molecule has 3 aromatic rings. The number of nitro groups is 1. The molecule has 0 saturated heterocycles. The topological polar surface area (TPSA) is 119 Å². The van der Waals surface area contributed by atoms with E-state index in [0.717, 1.165) is 11.0 Å². The van der Waals surface area contributed by atoms with Gasteiger partial charge in [-0.05, 0) is 49.4 Å². The van der Waals surface area contributed by atoms with Gasteiger partial charge in [0.15, 0.2) is 0 Å². The van der Waals surface area contributed by atoms with Crippen LogP contribution in [0.15, 0.2) is 72.8 Å². The lowest BCUT2D eigenvalue weighted by Gasteiger charge is -2.21. The van der Waals surface area contributed by atoms with E-state index in [1.807, 2.05) is 30.3 Å². The molecule has 9 nitrogen and oxygen atoms in total. The van der Waals surface area contributed by atoms with E-state index in [0.29, 0.717) is 17.2 Å². The largest absolute Gasteiger partial charge is 0.457 e. The van der Waals surface area contributed by atoms with E-state index < -0.39 is 34.4 Å². The second kappa shape index (κ2) is 8.31.